The lowest BCUT2D eigenvalue weighted by atomic mass is 9.92. The number of anilines is 1. The number of nitrogens with one attached hydrogen (secondary N) is 1. The first-order chi connectivity index (χ1) is 9.54. The molecule has 2 atom stereocenters. The largest absolute Gasteiger partial charge is 0.355 e. The minimum absolute atomic E-state index is 0.665. The van der Waals surface area contributed by atoms with Gasteiger partial charge in [0.2, 0.25) is 0 Å². The van der Waals surface area contributed by atoms with Crippen molar-refractivity contribution in [1.29, 1.82) is 0 Å². The third-order valence-electron chi connectivity index (χ3n) is 3.76. The van der Waals surface area contributed by atoms with Crippen molar-refractivity contribution in [3.8, 4) is 0 Å². The van der Waals surface area contributed by atoms with E-state index in [1.807, 2.05) is 0 Å². The predicted octanol–water partition coefficient (Wildman–Crippen LogP) is 2.70. The summed E-state index contributed by atoms with van der Waals surface area (Å²) >= 11 is 0. The van der Waals surface area contributed by atoms with Gasteiger partial charge in [0.1, 0.15) is 0 Å². The maximum atomic E-state index is 4.40. The molecule has 0 radical (unpaired) electrons. The van der Waals surface area contributed by atoms with Crippen molar-refractivity contribution in [3.63, 3.8) is 0 Å². The fourth-order valence-corrected chi connectivity index (χ4v) is 2.95. The van der Waals surface area contributed by atoms with Crippen LogP contribution in [0, 0.1) is 17.8 Å². The van der Waals surface area contributed by atoms with Crippen LogP contribution in [0.1, 0.15) is 39.8 Å². The highest BCUT2D eigenvalue weighted by atomic mass is 15.3. The van der Waals surface area contributed by atoms with Gasteiger partial charge in [-0.25, -0.2) is 0 Å². The zero-order valence-corrected chi connectivity index (χ0v) is 13.3. The summed E-state index contributed by atoms with van der Waals surface area (Å²) in [5, 5.41) is 12.1. The fourth-order valence-electron chi connectivity index (χ4n) is 2.95. The van der Waals surface area contributed by atoms with Crippen molar-refractivity contribution < 1.29 is 0 Å². The first-order valence-corrected chi connectivity index (χ1v) is 7.83. The topological polar surface area (TPSA) is 41.0 Å². The Bertz CT molecular complexity index is 391. The first-order valence-electron chi connectivity index (χ1n) is 7.83. The van der Waals surface area contributed by atoms with Gasteiger partial charge in [0.15, 0.2) is 5.82 Å². The summed E-state index contributed by atoms with van der Waals surface area (Å²) in [7, 11) is 0. The molecule has 1 aliphatic rings. The smallest absolute Gasteiger partial charge is 0.151 e. The van der Waals surface area contributed by atoms with Crippen LogP contribution in [0.25, 0.3) is 0 Å². The normalized spacial score (nSPS) is 23.4. The molecule has 0 aliphatic carbocycles. The van der Waals surface area contributed by atoms with E-state index in [9.17, 15) is 0 Å². The highest BCUT2D eigenvalue weighted by Crippen LogP contribution is 2.24. The van der Waals surface area contributed by atoms with E-state index >= 15 is 0 Å². The van der Waals surface area contributed by atoms with Gasteiger partial charge >= 0.3 is 0 Å². The second-order valence-electron chi connectivity index (χ2n) is 6.76. The Hall–Kier alpha value is -1.16. The molecule has 1 aliphatic heterocycles. The Morgan fingerprint density at radius 2 is 1.90 bits per heavy atom. The molecule has 1 aromatic rings. The summed E-state index contributed by atoms with van der Waals surface area (Å²) in [4.78, 5) is 2.37. The summed E-state index contributed by atoms with van der Waals surface area (Å²) in [5.41, 5.74) is 1.02. The summed E-state index contributed by atoms with van der Waals surface area (Å²) < 4.78 is 0. The highest BCUT2D eigenvalue weighted by Gasteiger charge is 2.22. The molecule has 1 fully saturated rings. The van der Waals surface area contributed by atoms with Gasteiger partial charge in [0.25, 0.3) is 0 Å². The van der Waals surface area contributed by atoms with Gasteiger partial charge in [-0.1, -0.05) is 27.7 Å². The van der Waals surface area contributed by atoms with Gasteiger partial charge in [-0.05, 0) is 42.9 Å². The second-order valence-corrected chi connectivity index (χ2v) is 6.76. The van der Waals surface area contributed by atoms with Crippen LogP contribution < -0.4 is 10.2 Å². The quantitative estimate of drug-likeness (QED) is 0.898. The number of piperidine rings is 1. The minimum atomic E-state index is 0.665. The van der Waals surface area contributed by atoms with Gasteiger partial charge in [-0.3, -0.25) is 0 Å². The average Bonchev–Trinajstić information content (AvgIpc) is 2.38. The van der Waals surface area contributed by atoms with Crippen molar-refractivity contribution in [2.45, 2.75) is 40.7 Å². The molecule has 0 aromatic carbocycles. The van der Waals surface area contributed by atoms with E-state index < -0.39 is 0 Å². The third kappa shape index (κ3) is 4.44. The zero-order valence-electron chi connectivity index (χ0n) is 13.3. The van der Waals surface area contributed by atoms with E-state index in [1.165, 1.54) is 6.42 Å². The molecule has 0 amide bonds. The number of nitrogens with zero attached hydrogens (tertiary/aromatic N) is 3. The van der Waals surface area contributed by atoms with Crippen molar-refractivity contribution in [2.24, 2.45) is 17.8 Å². The summed E-state index contributed by atoms with van der Waals surface area (Å²) in [6.45, 7) is 13.1. The molecule has 0 saturated carbocycles. The van der Waals surface area contributed by atoms with E-state index in [2.05, 4.69) is 60.2 Å². The van der Waals surface area contributed by atoms with Crippen LogP contribution in [0.2, 0.25) is 0 Å². The lowest BCUT2D eigenvalue weighted by Gasteiger charge is -2.35. The van der Waals surface area contributed by atoms with Crippen molar-refractivity contribution in [3.05, 3.63) is 17.8 Å². The summed E-state index contributed by atoms with van der Waals surface area (Å²) in [6.07, 6.45) is 1.32. The monoisotopic (exact) mass is 276 g/mol. The molecule has 0 spiro atoms. The van der Waals surface area contributed by atoms with E-state index in [0.29, 0.717) is 5.92 Å². The fraction of sp³-hybridized carbons (Fsp3) is 0.750. The molecule has 20 heavy (non-hydrogen) atoms. The summed E-state index contributed by atoms with van der Waals surface area (Å²) in [6, 6.07) is 4.21. The lowest BCUT2D eigenvalue weighted by Crippen LogP contribution is -2.39. The van der Waals surface area contributed by atoms with Crippen LogP contribution in [-0.4, -0.2) is 29.8 Å². The Balaban J connectivity index is 1.90. The number of rotatable bonds is 5. The Kier molecular flexibility index (Phi) is 5.35. The molecule has 2 rings (SSSR count). The SMILES string of the molecule is CC(C)CNCc1ccc(N2CC(C)CC(C)C2)nn1. The molecule has 1 saturated heterocycles. The molecule has 4 heteroatoms. The predicted molar refractivity (Wildman–Crippen MR) is 83.7 cm³/mol. The van der Waals surface area contributed by atoms with Crippen LogP contribution in [0.3, 0.4) is 0 Å². The average molecular weight is 276 g/mol. The van der Waals surface area contributed by atoms with Gasteiger partial charge in [-0.15, -0.1) is 5.10 Å². The Morgan fingerprint density at radius 1 is 1.20 bits per heavy atom. The van der Waals surface area contributed by atoms with Gasteiger partial charge in [0.05, 0.1) is 5.69 Å². The zero-order chi connectivity index (χ0) is 14.5. The number of hydrogen-bond acceptors (Lipinski definition) is 4. The van der Waals surface area contributed by atoms with Crippen LogP contribution in [0.15, 0.2) is 12.1 Å². The molecular formula is C16H28N4. The molecule has 4 nitrogen and oxygen atoms in total. The van der Waals surface area contributed by atoms with Crippen molar-refractivity contribution in [1.82, 2.24) is 15.5 Å². The van der Waals surface area contributed by atoms with E-state index in [0.717, 1.165) is 49.5 Å². The maximum Gasteiger partial charge on any atom is 0.151 e. The molecule has 2 unspecified atom stereocenters. The van der Waals surface area contributed by atoms with Crippen LogP contribution in [0.5, 0.6) is 0 Å². The van der Waals surface area contributed by atoms with Crippen LogP contribution in [-0.2, 0) is 6.54 Å². The number of hydrogen-bond donors (Lipinski definition) is 1. The Morgan fingerprint density at radius 3 is 2.45 bits per heavy atom. The van der Waals surface area contributed by atoms with Crippen molar-refractivity contribution in [2.75, 3.05) is 24.5 Å². The Labute approximate surface area is 123 Å². The molecule has 0 bridgehead atoms. The van der Waals surface area contributed by atoms with E-state index in [-0.39, 0.29) is 0 Å². The maximum absolute atomic E-state index is 4.40. The minimum Gasteiger partial charge on any atom is -0.355 e. The third-order valence-corrected chi connectivity index (χ3v) is 3.76. The molecule has 1 N–H and O–H groups in total. The van der Waals surface area contributed by atoms with E-state index in [4.69, 9.17) is 0 Å². The second kappa shape index (κ2) is 7.02. The molecule has 1 aromatic heterocycles. The first kappa shape index (κ1) is 15.2. The standard InChI is InChI=1S/C16H28N4/c1-12(2)8-17-9-15-5-6-16(19-18-15)20-10-13(3)7-14(4)11-20/h5-6,12-14,17H,7-11H2,1-4H3. The van der Waals surface area contributed by atoms with Crippen molar-refractivity contribution >= 4 is 5.82 Å². The molecular weight excluding hydrogens is 248 g/mol. The number of aromatic nitrogens is 2. The summed E-state index contributed by atoms with van der Waals surface area (Å²) in [5.74, 6) is 3.18. The van der Waals surface area contributed by atoms with Gasteiger partial charge in [0, 0.05) is 19.6 Å². The lowest BCUT2D eigenvalue weighted by molar-refractivity contribution is 0.354. The van der Waals surface area contributed by atoms with E-state index in [1.54, 1.807) is 0 Å². The van der Waals surface area contributed by atoms with Crippen LogP contribution in [0.4, 0.5) is 5.82 Å². The van der Waals surface area contributed by atoms with Crippen LogP contribution >= 0.6 is 0 Å². The van der Waals surface area contributed by atoms with Gasteiger partial charge in [-0.2, -0.15) is 5.10 Å². The van der Waals surface area contributed by atoms with Gasteiger partial charge < -0.3 is 10.2 Å². The molecule has 112 valence electrons. The highest BCUT2D eigenvalue weighted by molar-refractivity contribution is 5.38. The molecule has 2 heterocycles.